The summed E-state index contributed by atoms with van der Waals surface area (Å²) >= 11 is 0. The maximum absolute atomic E-state index is 10.2. The zero-order valence-corrected chi connectivity index (χ0v) is 11.1. The average Bonchev–Trinajstić information content (AvgIpc) is 2.26. The summed E-state index contributed by atoms with van der Waals surface area (Å²) < 4.78 is 5.66. The molecule has 1 saturated carbocycles. The maximum atomic E-state index is 10.2. The van der Waals surface area contributed by atoms with E-state index in [4.69, 9.17) is 4.74 Å². The van der Waals surface area contributed by atoms with Crippen molar-refractivity contribution in [3.8, 4) is 0 Å². The molecule has 96 valence electrons. The lowest BCUT2D eigenvalue weighted by Gasteiger charge is -2.30. The number of aliphatic hydroxyl groups excluding tert-OH is 1. The summed E-state index contributed by atoms with van der Waals surface area (Å²) in [4.78, 5) is 0. The lowest BCUT2D eigenvalue weighted by atomic mass is 9.83. The molecule has 0 amide bonds. The quantitative estimate of drug-likeness (QED) is 0.755. The van der Waals surface area contributed by atoms with Crippen LogP contribution in [0.25, 0.3) is 0 Å². The van der Waals surface area contributed by atoms with Crippen molar-refractivity contribution in [2.75, 3.05) is 6.61 Å². The van der Waals surface area contributed by atoms with Gasteiger partial charge in [0.1, 0.15) is 0 Å². The van der Waals surface area contributed by atoms with Crippen LogP contribution in [-0.4, -0.2) is 23.9 Å². The largest absolute Gasteiger partial charge is 0.390 e. The van der Waals surface area contributed by atoms with Gasteiger partial charge in [0.2, 0.25) is 0 Å². The Hall–Kier alpha value is -0.0800. The summed E-state index contributed by atoms with van der Waals surface area (Å²) in [6.07, 6.45) is 7.35. The number of aliphatic hydroxyl groups is 1. The molecule has 0 spiro atoms. The van der Waals surface area contributed by atoms with Crippen LogP contribution in [0.4, 0.5) is 0 Å². The Morgan fingerprint density at radius 2 is 1.81 bits per heavy atom. The molecular formula is C14H28O2. The highest BCUT2D eigenvalue weighted by atomic mass is 16.5. The van der Waals surface area contributed by atoms with Crippen molar-refractivity contribution in [3.05, 3.63) is 0 Å². The van der Waals surface area contributed by atoms with Crippen molar-refractivity contribution >= 4 is 0 Å². The first kappa shape index (κ1) is 14.0. The van der Waals surface area contributed by atoms with Gasteiger partial charge in [-0.3, -0.25) is 0 Å². The van der Waals surface area contributed by atoms with Crippen LogP contribution in [0.3, 0.4) is 0 Å². The highest BCUT2D eigenvalue weighted by Crippen LogP contribution is 2.29. The normalized spacial score (nSPS) is 22.3. The fourth-order valence-corrected chi connectivity index (χ4v) is 2.84. The van der Waals surface area contributed by atoms with E-state index in [-0.39, 0.29) is 12.2 Å². The number of hydrogen-bond donors (Lipinski definition) is 1. The average molecular weight is 228 g/mol. The van der Waals surface area contributed by atoms with Crippen LogP contribution >= 0.6 is 0 Å². The molecule has 2 nitrogen and oxygen atoms in total. The van der Waals surface area contributed by atoms with Crippen LogP contribution in [0, 0.1) is 11.8 Å². The fraction of sp³-hybridized carbons (Fsp3) is 1.00. The molecule has 0 radical (unpaired) electrons. The van der Waals surface area contributed by atoms with Gasteiger partial charge in [-0.1, -0.05) is 46.0 Å². The summed E-state index contributed by atoms with van der Waals surface area (Å²) in [6.45, 7) is 6.96. The van der Waals surface area contributed by atoms with Gasteiger partial charge in [0.25, 0.3) is 0 Å². The third-order valence-corrected chi connectivity index (χ3v) is 3.69. The van der Waals surface area contributed by atoms with Crippen LogP contribution in [0.2, 0.25) is 0 Å². The Labute approximate surface area is 100 Å². The molecule has 0 aromatic carbocycles. The van der Waals surface area contributed by atoms with E-state index in [0.717, 1.165) is 12.3 Å². The Morgan fingerprint density at radius 1 is 1.19 bits per heavy atom. The summed E-state index contributed by atoms with van der Waals surface area (Å²) in [7, 11) is 0. The van der Waals surface area contributed by atoms with E-state index in [1.54, 1.807) is 0 Å². The molecule has 1 rings (SSSR count). The second kappa shape index (κ2) is 7.29. The molecule has 0 aliphatic heterocycles. The molecular weight excluding hydrogens is 200 g/mol. The molecule has 2 unspecified atom stereocenters. The SMILES string of the molecule is CCOC(C(C)C)C(O)CC1CCCCC1. The first-order valence-corrected chi connectivity index (χ1v) is 6.94. The van der Waals surface area contributed by atoms with Gasteiger partial charge in [0.05, 0.1) is 12.2 Å². The van der Waals surface area contributed by atoms with Crippen molar-refractivity contribution in [3.63, 3.8) is 0 Å². The van der Waals surface area contributed by atoms with Crippen LogP contribution < -0.4 is 0 Å². The van der Waals surface area contributed by atoms with E-state index in [1.807, 2.05) is 6.92 Å². The van der Waals surface area contributed by atoms with E-state index in [9.17, 15) is 5.11 Å². The highest BCUT2D eigenvalue weighted by molar-refractivity contribution is 4.77. The molecule has 1 aliphatic carbocycles. The van der Waals surface area contributed by atoms with E-state index in [2.05, 4.69) is 13.8 Å². The fourth-order valence-electron chi connectivity index (χ4n) is 2.84. The van der Waals surface area contributed by atoms with E-state index >= 15 is 0 Å². The van der Waals surface area contributed by atoms with E-state index < -0.39 is 0 Å². The van der Waals surface area contributed by atoms with Gasteiger partial charge in [0, 0.05) is 6.61 Å². The predicted octanol–water partition coefficient (Wildman–Crippen LogP) is 3.38. The van der Waals surface area contributed by atoms with Gasteiger partial charge in [-0.05, 0) is 25.2 Å². The van der Waals surface area contributed by atoms with Crippen molar-refractivity contribution in [1.29, 1.82) is 0 Å². The molecule has 0 bridgehead atoms. The zero-order chi connectivity index (χ0) is 12.0. The Bertz CT molecular complexity index is 174. The minimum Gasteiger partial charge on any atom is -0.390 e. The minimum absolute atomic E-state index is 0.0203. The summed E-state index contributed by atoms with van der Waals surface area (Å²) in [5.74, 6) is 1.13. The second-order valence-electron chi connectivity index (χ2n) is 5.47. The van der Waals surface area contributed by atoms with Crippen molar-refractivity contribution in [1.82, 2.24) is 0 Å². The molecule has 0 aromatic rings. The summed E-state index contributed by atoms with van der Waals surface area (Å²) in [5, 5.41) is 10.2. The van der Waals surface area contributed by atoms with Gasteiger partial charge in [-0.2, -0.15) is 0 Å². The molecule has 2 heteroatoms. The first-order chi connectivity index (χ1) is 7.65. The van der Waals surface area contributed by atoms with Crippen molar-refractivity contribution in [2.45, 2.75) is 71.5 Å². The standard InChI is InChI=1S/C14H28O2/c1-4-16-14(11(2)3)13(15)10-12-8-6-5-7-9-12/h11-15H,4-10H2,1-3H3. The minimum atomic E-state index is -0.275. The first-order valence-electron chi connectivity index (χ1n) is 6.94. The Balaban J connectivity index is 2.37. The monoisotopic (exact) mass is 228 g/mol. The third-order valence-electron chi connectivity index (χ3n) is 3.69. The van der Waals surface area contributed by atoms with Gasteiger partial charge in [-0.15, -0.1) is 0 Å². The molecule has 1 fully saturated rings. The molecule has 0 heterocycles. The van der Waals surface area contributed by atoms with E-state index in [0.29, 0.717) is 12.5 Å². The molecule has 1 N–H and O–H groups in total. The van der Waals surface area contributed by atoms with Crippen LogP contribution in [0.15, 0.2) is 0 Å². The smallest absolute Gasteiger partial charge is 0.0856 e. The predicted molar refractivity (Wildman–Crippen MR) is 67.5 cm³/mol. The van der Waals surface area contributed by atoms with E-state index in [1.165, 1.54) is 32.1 Å². The number of rotatable bonds is 6. The second-order valence-corrected chi connectivity index (χ2v) is 5.47. The Morgan fingerprint density at radius 3 is 2.31 bits per heavy atom. The molecule has 1 aliphatic rings. The number of ether oxygens (including phenoxy) is 1. The van der Waals surface area contributed by atoms with Gasteiger partial charge in [0.15, 0.2) is 0 Å². The molecule has 0 aromatic heterocycles. The number of hydrogen-bond acceptors (Lipinski definition) is 2. The maximum Gasteiger partial charge on any atom is 0.0856 e. The Kier molecular flexibility index (Phi) is 6.37. The van der Waals surface area contributed by atoms with Crippen LogP contribution in [0.1, 0.15) is 59.3 Å². The molecule has 0 saturated heterocycles. The third kappa shape index (κ3) is 4.42. The zero-order valence-electron chi connectivity index (χ0n) is 11.1. The topological polar surface area (TPSA) is 29.5 Å². The summed E-state index contributed by atoms with van der Waals surface area (Å²) in [6, 6.07) is 0. The van der Waals surface area contributed by atoms with Crippen LogP contribution in [-0.2, 0) is 4.74 Å². The van der Waals surface area contributed by atoms with Crippen molar-refractivity contribution < 1.29 is 9.84 Å². The highest BCUT2D eigenvalue weighted by Gasteiger charge is 2.26. The van der Waals surface area contributed by atoms with Gasteiger partial charge in [-0.25, -0.2) is 0 Å². The lowest BCUT2D eigenvalue weighted by molar-refractivity contribution is -0.0664. The van der Waals surface area contributed by atoms with Gasteiger partial charge < -0.3 is 9.84 Å². The molecule has 16 heavy (non-hydrogen) atoms. The van der Waals surface area contributed by atoms with Crippen LogP contribution in [0.5, 0.6) is 0 Å². The van der Waals surface area contributed by atoms with Crippen molar-refractivity contribution in [2.24, 2.45) is 11.8 Å². The lowest BCUT2D eigenvalue weighted by Crippen LogP contribution is -2.35. The summed E-state index contributed by atoms with van der Waals surface area (Å²) in [5.41, 5.74) is 0. The molecule has 2 atom stereocenters. The van der Waals surface area contributed by atoms with Gasteiger partial charge >= 0.3 is 0 Å².